The molecular weight excluding hydrogens is 370 g/mol. The lowest BCUT2D eigenvalue weighted by Gasteiger charge is -2.42. The van der Waals surface area contributed by atoms with E-state index in [4.69, 9.17) is 9.47 Å². The Morgan fingerprint density at radius 2 is 1.79 bits per heavy atom. The molecule has 3 nitrogen and oxygen atoms in total. The molecule has 1 saturated heterocycles. The molecular formula is C24H30ClNO2. The minimum atomic E-state index is 0. The Hall–Kier alpha value is -1.71. The van der Waals surface area contributed by atoms with Gasteiger partial charge in [-0.25, -0.2) is 0 Å². The number of nitrogens with one attached hydrogen (secondary N) is 1. The molecule has 0 spiro atoms. The Labute approximate surface area is 174 Å². The van der Waals surface area contributed by atoms with E-state index in [1.54, 1.807) is 0 Å². The Balaban J connectivity index is 0.00000192. The SMILES string of the molecule is Cl.c1ccc(COc2ccc3c(c2)[C@H]2OCC[C@H]2[C@@H](C2CCCCC2)N3)cc1. The van der Waals surface area contributed by atoms with E-state index in [0.717, 1.165) is 18.3 Å². The molecule has 2 fully saturated rings. The molecule has 0 unspecified atom stereocenters. The van der Waals surface area contributed by atoms with Crippen LogP contribution in [-0.2, 0) is 11.3 Å². The minimum absolute atomic E-state index is 0. The van der Waals surface area contributed by atoms with Crippen LogP contribution in [0.15, 0.2) is 48.5 Å². The van der Waals surface area contributed by atoms with Gasteiger partial charge in [-0.2, -0.15) is 0 Å². The van der Waals surface area contributed by atoms with Crippen LogP contribution in [-0.4, -0.2) is 12.6 Å². The van der Waals surface area contributed by atoms with Crippen LogP contribution in [0.25, 0.3) is 0 Å². The van der Waals surface area contributed by atoms with Crippen LogP contribution in [0, 0.1) is 11.8 Å². The summed E-state index contributed by atoms with van der Waals surface area (Å²) in [6.45, 7) is 1.49. The Kier molecular flexibility index (Phi) is 6.13. The molecule has 4 heteroatoms. The van der Waals surface area contributed by atoms with Crippen molar-refractivity contribution in [2.75, 3.05) is 11.9 Å². The highest BCUT2D eigenvalue weighted by molar-refractivity contribution is 5.85. The maximum absolute atomic E-state index is 6.23. The summed E-state index contributed by atoms with van der Waals surface area (Å²) in [6.07, 6.45) is 8.33. The van der Waals surface area contributed by atoms with Gasteiger partial charge in [-0.3, -0.25) is 0 Å². The van der Waals surface area contributed by atoms with Gasteiger partial charge in [0.1, 0.15) is 12.4 Å². The van der Waals surface area contributed by atoms with Gasteiger partial charge in [0.2, 0.25) is 0 Å². The second-order valence-electron chi connectivity index (χ2n) is 8.34. The maximum atomic E-state index is 6.23. The first-order valence-electron chi connectivity index (χ1n) is 10.6. The molecule has 5 rings (SSSR count). The molecule has 2 aliphatic heterocycles. The van der Waals surface area contributed by atoms with Gasteiger partial charge < -0.3 is 14.8 Å². The van der Waals surface area contributed by atoms with Crippen LogP contribution < -0.4 is 10.1 Å². The smallest absolute Gasteiger partial charge is 0.120 e. The summed E-state index contributed by atoms with van der Waals surface area (Å²) in [5.74, 6) is 2.34. The number of benzene rings is 2. The molecule has 150 valence electrons. The first-order chi connectivity index (χ1) is 13.4. The first kappa shape index (κ1) is 19.6. The molecule has 3 aliphatic rings. The predicted octanol–water partition coefficient (Wildman–Crippen LogP) is 6.14. The highest BCUT2D eigenvalue weighted by atomic mass is 35.5. The van der Waals surface area contributed by atoms with Gasteiger partial charge in [0.15, 0.2) is 0 Å². The van der Waals surface area contributed by atoms with Gasteiger partial charge in [0, 0.05) is 29.8 Å². The second-order valence-corrected chi connectivity index (χ2v) is 8.34. The zero-order valence-electron chi connectivity index (χ0n) is 16.3. The monoisotopic (exact) mass is 399 g/mol. The van der Waals surface area contributed by atoms with Crippen LogP contribution in [0.5, 0.6) is 5.75 Å². The van der Waals surface area contributed by atoms with Crippen LogP contribution in [0.1, 0.15) is 55.8 Å². The largest absolute Gasteiger partial charge is 0.489 e. The summed E-state index contributed by atoms with van der Waals surface area (Å²) in [6, 6.07) is 17.4. The summed E-state index contributed by atoms with van der Waals surface area (Å²) >= 11 is 0. The van der Waals surface area contributed by atoms with Crippen LogP contribution in [0.2, 0.25) is 0 Å². The first-order valence-corrected chi connectivity index (χ1v) is 10.6. The van der Waals surface area contributed by atoms with Gasteiger partial charge in [0.25, 0.3) is 0 Å². The lowest BCUT2D eigenvalue weighted by atomic mass is 9.73. The van der Waals surface area contributed by atoms with Crippen LogP contribution >= 0.6 is 12.4 Å². The highest BCUT2D eigenvalue weighted by Crippen LogP contribution is 2.49. The van der Waals surface area contributed by atoms with Gasteiger partial charge >= 0.3 is 0 Å². The minimum Gasteiger partial charge on any atom is -0.489 e. The highest BCUT2D eigenvalue weighted by Gasteiger charge is 2.43. The van der Waals surface area contributed by atoms with Crippen LogP contribution in [0.4, 0.5) is 5.69 Å². The van der Waals surface area contributed by atoms with E-state index in [1.807, 2.05) is 6.07 Å². The van der Waals surface area contributed by atoms with E-state index in [0.29, 0.717) is 18.6 Å². The average Bonchev–Trinajstić information content (AvgIpc) is 3.23. The Morgan fingerprint density at radius 3 is 2.61 bits per heavy atom. The second kappa shape index (κ2) is 8.75. The number of halogens is 1. The summed E-state index contributed by atoms with van der Waals surface area (Å²) < 4.78 is 12.3. The van der Waals surface area contributed by atoms with Crippen molar-refractivity contribution in [1.82, 2.24) is 0 Å². The molecule has 28 heavy (non-hydrogen) atoms. The van der Waals surface area contributed by atoms with E-state index in [-0.39, 0.29) is 18.5 Å². The molecule has 2 aromatic carbocycles. The van der Waals surface area contributed by atoms with Crippen molar-refractivity contribution < 1.29 is 9.47 Å². The third-order valence-corrected chi connectivity index (χ3v) is 6.66. The van der Waals surface area contributed by atoms with Gasteiger partial charge in [-0.15, -0.1) is 12.4 Å². The van der Waals surface area contributed by atoms with Crippen molar-refractivity contribution in [3.05, 3.63) is 59.7 Å². The van der Waals surface area contributed by atoms with Crippen molar-refractivity contribution >= 4 is 18.1 Å². The molecule has 1 saturated carbocycles. The zero-order valence-corrected chi connectivity index (χ0v) is 17.1. The summed E-state index contributed by atoms with van der Waals surface area (Å²) in [4.78, 5) is 0. The number of hydrogen-bond donors (Lipinski definition) is 1. The lowest BCUT2D eigenvalue weighted by molar-refractivity contribution is 0.0729. The number of anilines is 1. The zero-order chi connectivity index (χ0) is 18.1. The fourth-order valence-electron chi connectivity index (χ4n) is 5.28. The fraction of sp³-hybridized carbons (Fsp3) is 0.500. The van der Waals surface area contributed by atoms with Crippen molar-refractivity contribution in [2.45, 2.75) is 57.3 Å². The van der Waals surface area contributed by atoms with E-state index in [2.05, 4.69) is 47.8 Å². The molecule has 3 atom stereocenters. The number of hydrogen-bond acceptors (Lipinski definition) is 3. The number of ether oxygens (including phenoxy) is 2. The third kappa shape index (κ3) is 3.88. The number of rotatable bonds is 4. The van der Waals surface area contributed by atoms with E-state index in [1.165, 1.54) is 55.3 Å². The maximum Gasteiger partial charge on any atom is 0.120 e. The van der Waals surface area contributed by atoms with Gasteiger partial charge in [-0.05, 0) is 48.9 Å². The lowest BCUT2D eigenvalue weighted by Crippen LogP contribution is -2.42. The molecule has 1 N–H and O–H groups in total. The Bertz CT molecular complexity index is 775. The van der Waals surface area contributed by atoms with Gasteiger partial charge in [-0.1, -0.05) is 49.6 Å². The van der Waals surface area contributed by atoms with Crippen molar-refractivity contribution in [2.24, 2.45) is 11.8 Å². The quantitative estimate of drug-likeness (QED) is 0.669. The molecule has 2 aromatic rings. The van der Waals surface area contributed by atoms with Crippen molar-refractivity contribution in [3.8, 4) is 5.75 Å². The van der Waals surface area contributed by atoms with E-state index >= 15 is 0 Å². The molecule has 1 aliphatic carbocycles. The normalized spacial score (nSPS) is 26.5. The standard InChI is InChI=1S/C24H29NO2.ClH/c1-3-7-17(8-4-1)16-27-19-11-12-22-21(15-19)24-20(13-14-26-24)23(25-22)18-9-5-2-6-10-18;/h1,3-4,7-8,11-12,15,18,20,23-25H,2,5-6,9-10,13-14,16H2;1H/t20-,23+,24-;/m0./s1. The van der Waals surface area contributed by atoms with Gasteiger partial charge in [0.05, 0.1) is 6.10 Å². The van der Waals surface area contributed by atoms with Crippen molar-refractivity contribution in [3.63, 3.8) is 0 Å². The summed E-state index contributed by atoms with van der Waals surface area (Å²) in [5.41, 5.74) is 3.73. The number of fused-ring (bicyclic) bond motifs is 3. The third-order valence-electron chi connectivity index (χ3n) is 6.66. The topological polar surface area (TPSA) is 30.5 Å². The van der Waals surface area contributed by atoms with Crippen molar-refractivity contribution in [1.29, 1.82) is 0 Å². The van der Waals surface area contributed by atoms with E-state index in [9.17, 15) is 0 Å². The molecule has 0 bridgehead atoms. The predicted molar refractivity (Wildman–Crippen MR) is 115 cm³/mol. The van der Waals surface area contributed by atoms with Crippen LogP contribution in [0.3, 0.4) is 0 Å². The molecule has 2 heterocycles. The fourth-order valence-corrected chi connectivity index (χ4v) is 5.28. The summed E-state index contributed by atoms with van der Waals surface area (Å²) in [7, 11) is 0. The average molecular weight is 400 g/mol. The molecule has 0 radical (unpaired) electrons. The molecule has 0 aromatic heterocycles. The van der Waals surface area contributed by atoms with E-state index < -0.39 is 0 Å². The Morgan fingerprint density at radius 1 is 0.964 bits per heavy atom. The molecule has 0 amide bonds. The summed E-state index contributed by atoms with van der Waals surface area (Å²) in [5, 5.41) is 3.90.